The number of carbonyl (C=O) groups excluding carboxylic acids is 1. The number of ether oxygens (including phenoxy) is 1. The van der Waals surface area contributed by atoms with Crippen LogP contribution in [0.25, 0.3) is 0 Å². The summed E-state index contributed by atoms with van der Waals surface area (Å²) in [5, 5.41) is 8.92. The van der Waals surface area contributed by atoms with E-state index in [0.29, 0.717) is 24.4 Å². The maximum absolute atomic E-state index is 12.1. The van der Waals surface area contributed by atoms with Crippen molar-refractivity contribution in [2.75, 3.05) is 39.1 Å². The summed E-state index contributed by atoms with van der Waals surface area (Å²) < 4.78 is 4.92. The van der Waals surface area contributed by atoms with E-state index in [0.717, 1.165) is 0 Å². The number of nitrogens with two attached hydrogens (primary N) is 1. The highest BCUT2D eigenvalue weighted by atomic mass is 16.5. The van der Waals surface area contributed by atoms with Crippen molar-refractivity contribution < 1.29 is 14.6 Å². The molecule has 0 aliphatic carbocycles. The Balaban J connectivity index is 2.80. The van der Waals surface area contributed by atoms with Crippen LogP contribution in [0.3, 0.4) is 0 Å². The Bertz CT molecular complexity index is 371. The predicted octanol–water partition coefficient (Wildman–Crippen LogP) is -0.255. The lowest BCUT2D eigenvalue weighted by Gasteiger charge is -2.21. The van der Waals surface area contributed by atoms with Crippen LogP contribution < -0.4 is 5.73 Å². The van der Waals surface area contributed by atoms with Crippen molar-refractivity contribution in [3.05, 3.63) is 24.0 Å². The lowest BCUT2D eigenvalue weighted by atomic mass is 10.2. The molecule has 0 fully saturated rings. The summed E-state index contributed by atoms with van der Waals surface area (Å²) in [6.07, 6.45) is 2.94. The van der Waals surface area contributed by atoms with E-state index in [2.05, 4.69) is 4.98 Å². The van der Waals surface area contributed by atoms with Crippen molar-refractivity contribution in [2.45, 2.75) is 0 Å². The van der Waals surface area contributed by atoms with Crippen molar-refractivity contribution in [3.8, 4) is 0 Å². The second-order valence-corrected chi connectivity index (χ2v) is 3.47. The third kappa shape index (κ3) is 3.69. The number of rotatable bonds is 6. The fraction of sp³-hybridized carbons (Fsp3) is 0.455. The molecule has 17 heavy (non-hydrogen) atoms. The van der Waals surface area contributed by atoms with Gasteiger partial charge in [-0.15, -0.1) is 0 Å². The third-order valence-corrected chi connectivity index (χ3v) is 2.30. The molecule has 0 spiro atoms. The minimum absolute atomic E-state index is 0.0968. The van der Waals surface area contributed by atoms with E-state index in [4.69, 9.17) is 15.6 Å². The number of aliphatic hydroxyl groups is 1. The Morgan fingerprint density at radius 3 is 2.94 bits per heavy atom. The molecule has 1 aromatic heterocycles. The van der Waals surface area contributed by atoms with Gasteiger partial charge in [-0.2, -0.15) is 0 Å². The molecule has 1 amide bonds. The van der Waals surface area contributed by atoms with Crippen LogP contribution in [0.1, 0.15) is 10.4 Å². The van der Waals surface area contributed by atoms with Crippen LogP contribution in [0, 0.1) is 0 Å². The smallest absolute Gasteiger partial charge is 0.256 e. The van der Waals surface area contributed by atoms with E-state index in [1.54, 1.807) is 13.2 Å². The standard InChI is InChI=1S/C11H17N3O3/c1-17-7-5-14(4-6-15)11(16)9-2-3-13-8-10(9)12/h2-3,8,15H,4-7,12H2,1H3. The van der Waals surface area contributed by atoms with Gasteiger partial charge in [0.1, 0.15) is 0 Å². The molecule has 0 aliphatic heterocycles. The first-order valence-corrected chi connectivity index (χ1v) is 5.29. The van der Waals surface area contributed by atoms with Crippen LogP contribution >= 0.6 is 0 Å². The van der Waals surface area contributed by atoms with Crippen LogP contribution in [0.15, 0.2) is 18.5 Å². The zero-order valence-corrected chi connectivity index (χ0v) is 9.80. The average molecular weight is 239 g/mol. The van der Waals surface area contributed by atoms with E-state index < -0.39 is 0 Å². The molecule has 0 radical (unpaired) electrons. The first-order valence-electron chi connectivity index (χ1n) is 5.29. The summed E-state index contributed by atoms with van der Waals surface area (Å²) >= 11 is 0. The Kier molecular flexibility index (Phi) is 5.38. The summed E-state index contributed by atoms with van der Waals surface area (Å²) in [6.45, 7) is 0.985. The number of pyridine rings is 1. The lowest BCUT2D eigenvalue weighted by Crippen LogP contribution is -2.36. The fourth-order valence-electron chi connectivity index (χ4n) is 1.41. The number of hydrogen-bond donors (Lipinski definition) is 2. The minimum Gasteiger partial charge on any atom is -0.397 e. The van der Waals surface area contributed by atoms with Crippen LogP contribution in [-0.2, 0) is 4.74 Å². The summed E-state index contributed by atoms with van der Waals surface area (Å²) in [5.74, 6) is -0.226. The normalized spacial score (nSPS) is 10.2. The van der Waals surface area contributed by atoms with Crippen molar-refractivity contribution in [1.82, 2.24) is 9.88 Å². The minimum atomic E-state index is -0.226. The molecule has 0 saturated heterocycles. The van der Waals surface area contributed by atoms with Crippen molar-refractivity contribution in [2.24, 2.45) is 0 Å². The Hall–Kier alpha value is -1.66. The van der Waals surface area contributed by atoms with E-state index >= 15 is 0 Å². The second-order valence-electron chi connectivity index (χ2n) is 3.47. The van der Waals surface area contributed by atoms with Gasteiger partial charge in [-0.05, 0) is 6.07 Å². The molecule has 3 N–H and O–H groups in total. The highest BCUT2D eigenvalue weighted by molar-refractivity contribution is 5.98. The molecule has 0 unspecified atom stereocenters. The Labute approximate surface area is 100 Å². The summed E-state index contributed by atoms with van der Waals surface area (Å²) in [4.78, 5) is 17.4. The van der Waals surface area contributed by atoms with Crippen molar-refractivity contribution >= 4 is 11.6 Å². The number of anilines is 1. The Morgan fingerprint density at radius 2 is 2.35 bits per heavy atom. The Morgan fingerprint density at radius 1 is 1.59 bits per heavy atom. The first kappa shape index (κ1) is 13.4. The number of aromatic nitrogens is 1. The molecular formula is C11H17N3O3. The van der Waals surface area contributed by atoms with Gasteiger partial charge in [-0.1, -0.05) is 0 Å². The molecule has 0 aliphatic rings. The fourth-order valence-corrected chi connectivity index (χ4v) is 1.41. The maximum atomic E-state index is 12.1. The molecule has 0 aromatic carbocycles. The van der Waals surface area contributed by atoms with Gasteiger partial charge in [-0.3, -0.25) is 9.78 Å². The summed E-state index contributed by atoms with van der Waals surface area (Å²) in [7, 11) is 1.56. The van der Waals surface area contributed by atoms with Crippen LogP contribution in [0.5, 0.6) is 0 Å². The van der Waals surface area contributed by atoms with E-state index in [1.807, 2.05) is 0 Å². The SMILES string of the molecule is COCCN(CCO)C(=O)c1ccncc1N. The number of nitrogen functional groups attached to an aromatic ring is 1. The van der Waals surface area contributed by atoms with Crippen LogP contribution in [-0.4, -0.2) is 54.3 Å². The second kappa shape index (κ2) is 6.82. The number of nitrogens with zero attached hydrogens (tertiary/aromatic N) is 2. The molecule has 1 rings (SSSR count). The molecule has 1 heterocycles. The van der Waals surface area contributed by atoms with E-state index in [-0.39, 0.29) is 19.1 Å². The molecule has 1 aromatic rings. The zero-order valence-electron chi connectivity index (χ0n) is 9.80. The van der Waals surface area contributed by atoms with E-state index in [1.165, 1.54) is 17.3 Å². The number of hydrogen-bond acceptors (Lipinski definition) is 5. The zero-order chi connectivity index (χ0) is 12.7. The topological polar surface area (TPSA) is 88.7 Å². The van der Waals surface area contributed by atoms with Gasteiger partial charge in [0.25, 0.3) is 5.91 Å². The van der Waals surface area contributed by atoms with Gasteiger partial charge in [0.05, 0.1) is 30.7 Å². The highest BCUT2D eigenvalue weighted by Gasteiger charge is 2.17. The quantitative estimate of drug-likeness (QED) is 0.714. The maximum Gasteiger partial charge on any atom is 0.256 e. The number of amides is 1. The largest absolute Gasteiger partial charge is 0.397 e. The monoisotopic (exact) mass is 239 g/mol. The lowest BCUT2D eigenvalue weighted by molar-refractivity contribution is 0.0657. The molecular weight excluding hydrogens is 222 g/mol. The first-order chi connectivity index (χ1) is 8.20. The van der Waals surface area contributed by atoms with Gasteiger partial charge < -0.3 is 20.5 Å². The summed E-state index contributed by atoms with van der Waals surface area (Å²) in [6, 6.07) is 1.56. The van der Waals surface area contributed by atoms with E-state index in [9.17, 15) is 4.79 Å². The van der Waals surface area contributed by atoms with Gasteiger partial charge in [0, 0.05) is 26.4 Å². The molecule has 6 nitrogen and oxygen atoms in total. The number of carbonyl (C=O) groups is 1. The van der Waals surface area contributed by atoms with Crippen LogP contribution in [0.4, 0.5) is 5.69 Å². The van der Waals surface area contributed by atoms with Gasteiger partial charge in [0.15, 0.2) is 0 Å². The molecule has 0 atom stereocenters. The van der Waals surface area contributed by atoms with Gasteiger partial charge in [0.2, 0.25) is 0 Å². The average Bonchev–Trinajstić information content (AvgIpc) is 2.34. The molecule has 6 heteroatoms. The van der Waals surface area contributed by atoms with Gasteiger partial charge in [-0.25, -0.2) is 0 Å². The van der Waals surface area contributed by atoms with Gasteiger partial charge >= 0.3 is 0 Å². The predicted molar refractivity (Wildman–Crippen MR) is 63.5 cm³/mol. The molecule has 94 valence electrons. The van der Waals surface area contributed by atoms with Crippen molar-refractivity contribution in [1.29, 1.82) is 0 Å². The number of aliphatic hydroxyl groups excluding tert-OH is 1. The highest BCUT2D eigenvalue weighted by Crippen LogP contribution is 2.11. The third-order valence-electron chi connectivity index (χ3n) is 2.30. The van der Waals surface area contributed by atoms with Crippen LogP contribution in [0.2, 0.25) is 0 Å². The summed E-state index contributed by atoms with van der Waals surface area (Å²) in [5.41, 5.74) is 6.40. The number of methoxy groups -OCH3 is 1. The molecule has 0 saturated carbocycles. The van der Waals surface area contributed by atoms with Crippen molar-refractivity contribution in [3.63, 3.8) is 0 Å². The molecule has 0 bridgehead atoms.